The number of rotatable bonds is 3. The van der Waals surface area contributed by atoms with E-state index in [1.165, 1.54) is 12.1 Å². The largest absolute Gasteiger partial charge is 0.478 e. The van der Waals surface area contributed by atoms with E-state index in [1.807, 2.05) is 0 Å². The zero-order valence-electron chi connectivity index (χ0n) is 9.77. The molecule has 0 fully saturated rings. The summed E-state index contributed by atoms with van der Waals surface area (Å²) in [5, 5.41) is 8.99. The lowest BCUT2D eigenvalue weighted by atomic mass is 10.0. The van der Waals surface area contributed by atoms with Gasteiger partial charge in [0.05, 0.1) is 11.1 Å². The molecule has 2 rings (SSSR count). The van der Waals surface area contributed by atoms with Gasteiger partial charge in [-0.1, -0.05) is 0 Å². The van der Waals surface area contributed by atoms with Crippen molar-refractivity contribution in [1.82, 2.24) is 0 Å². The van der Waals surface area contributed by atoms with Crippen LogP contribution in [0.5, 0.6) is 0 Å². The number of hydrogen-bond donors (Lipinski definition) is 1. The normalized spacial score (nSPS) is 11.3. The topological polar surface area (TPSA) is 67.5 Å². The number of halogens is 3. The van der Waals surface area contributed by atoms with Gasteiger partial charge in [0.15, 0.2) is 12.0 Å². The highest BCUT2D eigenvalue weighted by Crippen LogP contribution is 2.34. The van der Waals surface area contributed by atoms with Gasteiger partial charge in [-0.05, 0) is 30.3 Å². The summed E-state index contributed by atoms with van der Waals surface area (Å²) in [6.07, 6.45) is -4.23. The van der Waals surface area contributed by atoms with Gasteiger partial charge in [0.2, 0.25) is 0 Å². The number of carboxylic acids is 1. The molecule has 104 valence electrons. The fourth-order valence-corrected chi connectivity index (χ4v) is 1.67. The van der Waals surface area contributed by atoms with Crippen molar-refractivity contribution in [2.75, 3.05) is 0 Å². The maximum absolute atomic E-state index is 12.7. The number of carbonyl (C=O) groups is 2. The molecule has 20 heavy (non-hydrogen) atoms. The van der Waals surface area contributed by atoms with Crippen LogP contribution >= 0.6 is 0 Å². The third-order valence-electron chi connectivity index (χ3n) is 2.59. The number of alkyl halides is 3. The number of aldehydes is 1. The van der Waals surface area contributed by atoms with E-state index in [1.54, 1.807) is 0 Å². The highest BCUT2D eigenvalue weighted by atomic mass is 19.4. The number of carboxylic acid groups (broad SMARTS) is 1. The van der Waals surface area contributed by atoms with Gasteiger partial charge in [-0.25, -0.2) is 4.79 Å². The summed E-state index contributed by atoms with van der Waals surface area (Å²) in [6, 6.07) is 4.69. The first-order valence-electron chi connectivity index (χ1n) is 5.33. The molecular formula is C13H7F3O4. The second kappa shape index (κ2) is 4.84. The summed E-state index contributed by atoms with van der Waals surface area (Å²) in [5.41, 5.74) is -1.58. The Morgan fingerprint density at radius 1 is 1.20 bits per heavy atom. The molecule has 0 aliphatic heterocycles. The molecule has 1 N–H and O–H groups in total. The van der Waals surface area contributed by atoms with Crippen LogP contribution < -0.4 is 0 Å². The van der Waals surface area contributed by atoms with Crippen LogP contribution in [0.15, 0.2) is 34.7 Å². The molecule has 0 spiro atoms. The van der Waals surface area contributed by atoms with Crippen LogP contribution in [0, 0.1) is 0 Å². The van der Waals surface area contributed by atoms with Crippen LogP contribution in [-0.4, -0.2) is 17.4 Å². The van der Waals surface area contributed by atoms with Crippen LogP contribution in [0.2, 0.25) is 0 Å². The minimum atomic E-state index is -4.61. The standard InChI is InChI=1S/C13H7F3O4/c14-13(15,16)7-1-3-9(12(18)19)10(5-7)11-4-2-8(6-17)20-11/h1-6H,(H,18,19). The predicted octanol–water partition coefficient (Wildman–Crippen LogP) is 3.48. The summed E-state index contributed by atoms with van der Waals surface area (Å²) in [5.74, 6) is -1.61. The van der Waals surface area contributed by atoms with Gasteiger partial charge in [-0.3, -0.25) is 4.79 Å². The van der Waals surface area contributed by atoms with Gasteiger partial charge in [0, 0.05) is 5.56 Å². The lowest BCUT2D eigenvalue weighted by molar-refractivity contribution is -0.137. The molecule has 0 saturated heterocycles. The van der Waals surface area contributed by atoms with Crippen molar-refractivity contribution in [2.45, 2.75) is 6.18 Å². The molecule has 1 aromatic heterocycles. The van der Waals surface area contributed by atoms with Crippen molar-refractivity contribution in [1.29, 1.82) is 0 Å². The average Bonchev–Trinajstić information content (AvgIpc) is 2.85. The van der Waals surface area contributed by atoms with E-state index in [2.05, 4.69) is 0 Å². The van der Waals surface area contributed by atoms with E-state index in [4.69, 9.17) is 9.52 Å². The molecule has 0 amide bonds. The van der Waals surface area contributed by atoms with E-state index >= 15 is 0 Å². The molecule has 0 radical (unpaired) electrons. The van der Waals surface area contributed by atoms with Crippen molar-refractivity contribution in [3.05, 3.63) is 47.2 Å². The zero-order valence-corrected chi connectivity index (χ0v) is 9.77. The Kier molecular flexibility index (Phi) is 3.35. The third kappa shape index (κ3) is 2.56. The van der Waals surface area contributed by atoms with Crippen LogP contribution in [0.3, 0.4) is 0 Å². The second-order valence-corrected chi connectivity index (χ2v) is 3.88. The van der Waals surface area contributed by atoms with Crippen LogP contribution in [0.25, 0.3) is 11.3 Å². The van der Waals surface area contributed by atoms with E-state index in [0.29, 0.717) is 18.4 Å². The summed E-state index contributed by atoms with van der Waals surface area (Å²) in [6.45, 7) is 0. The molecule has 1 aromatic carbocycles. The first kappa shape index (κ1) is 13.9. The second-order valence-electron chi connectivity index (χ2n) is 3.88. The summed E-state index contributed by atoms with van der Waals surface area (Å²) in [4.78, 5) is 21.5. The lowest BCUT2D eigenvalue weighted by Gasteiger charge is -2.10. The van der Waals surface area contributed by atoms with Gasteiger partial charge in [0.25, 0.3) is 0 Å². The van der Waals surface area contributed by atoms with E-state index < -0.39 is 17.7 Å². The molecule has 0 aliphatic rings. The van der Waals surface area contributed by atoms with Crippen molar-refractivity contribution in [3.8, 4) is 11.3 Å². The number of carbonyl (C=O) groups excluding carboxylic acids is 1. The Balaban J connectivity index is 2.63. The average molecular weight is 284 g/mol. The predicted molar refractivity (Wildman–Crippen MR) is 61.5 cm³/mol. The first-order valence-corrected chi connectivity index (χ1v) is 5.33. The van der Waals surface area contributed by atoms with Crippen molar-refractivity contribution < 1.29 is 32.3 Å². The van der Waals surface area contributed by atoms with Gasteiger partial charge in [-0.2, -0.15) is 13.2 Å². The number of furan rings is 1. The number of aromatic carboxylic acids is 1. The first-order chi connectivity index (χ1) is 9.32. The van der Waals surface area contributed by atoms with Crippen molar-refractivity contribution >= 4 is 12.3 Å². The zero-order chi connectivity index (χ0) is 14.9. The van der Waals surface area contributed by atoms with Crippen LogP contribution in [0.4, 0.5) is 13.2 Å². The maximum atomic E-state index is 12.7. The highest BCUT2D eigenvalue weighted by Gasteiger charge is 2.32. The molecule has 7 heteroatoms. The minimum Gasteiger partial charge on any atom is -0.478 e. The molecule has 0 saturated carbocycles. The highest BCUT2D eigenvalue weighted by molar-refractivity contribution is 5.95. The monoisotopic (exact) mass is 284 g/mol. The fourth-order valence-electron chi connectivity index (χ4n) is 1.67. The Morgan fingerprint density at radius 2 is 1.90 bits per heavy atom. The van der Waals surface area contributed by atoms with E-state index in [9.17, 15) is 22.8 Å². The van der Waals surface area contributed by atoms with Crippen LogP contribution in [-0.2, 0) is 6.18 Å². The Morgan fingerprint density at radius 3 is 2.40 bits per heavy atom. The number of hydrogen-bond acceptors (Lipinski definition) is 3. The molecule has 0 atom stereocenters. The molecule has 1 heterocycles. The SMILES string of the molecule is O=Cc1ccc(-c2cc(C(F)(F)F)ccc2C(=O)O)o1. The summed E-state index contributed by atoms with van der Waals surface area (Å²) >= 11 is 0. The molecule has 4 nitrogen and oxygen atoms in total. The van der Waals surface area contributed by atoms with E-state index in [-0.39, 0.29) is 22.6 Å². The Bertz CT molecular complexity index is 670. The molecule has 0 unspecified atom stereocenters. The van der Waals surface area contributed by atoms with Crippen molar-refractivity contribution in [2.24, 2.45) is 0 Å². The maximum Gasteiger partial charge on any atom is 0.416 e. The van der Waals surface area contributed by atoms with Gasteiger partial charge in [0.1, 0.15) is 5.76 Å². The van der Waals surface area contributed by atoms with Crippen molar-refractivity contribution in [3.63, 3.8) is 0 Å². The van der Waals surface area contributed by atoms with Crippen LogP contribution in [0.1, 0.15) is 26.5 Å². The Hall–Kier alpha value is -2.57. The Labute approximate surface area is 110 Å². The summed E-state index contributed by atoms with van der Waals surface area (Å²) < 4.78 is 42.9. The molecular weight excluding hydrogens is 277 g/mol. The van der Waals surface area contributed by atoms with Gasteiger partial charge < -0.3 is 9.52 Å². The van der Waals surface area contributed by atoms with E-state index in [0.717, 1.165) is 6.07 Å². The molecule has 0 bridgehead atoms. The van der Waals surface area contributed by atoms with Gasteiger partial charge in [-0.15, -0.1) is 0 Å². The molecule has 2 aromatic rings. The lowest BCUT2D eigenvalue weighted by Crippen LogP contribution is -2.07. The fraction of sp³-hybridized carbons (Fsp3) is 0.0769. The summed E-state index contributed by atoms with van der Waals surface area (Å²) in [7, 11) is 0. The smallest absolute Gasteiger partial charge is 0.416 e. The quantitative estimate of drug-likeness (QED) is 0.876. The van der Waals surface area contributed by atoms with Gasteiger partial charge >= 0.3 is 12.1 Å². The minimum absolute atomic E-state index is 0.103. The third-order valence-corrected chi connectivity index (χ3v) is 2.59. The number of benzene rings is 1. The molecule has 0 aliphatic carbocycles.